The number of carbonyl (C=O) groups is 3. The van der Waals surface area contributed by atoms with Gasteiger partial charge in [-0.05, 0) is 49.4 Å². The lowest BCUT2D eigenvalue weighted by molar-refractivity contribution is -0.138. The molecule has 0 spiro atoms. The Morgan fingerprint density at radius 1 is 0.875 bits per heavy atom. The van der Waals surface area contributed by atoms with Crippen LogP contribution < -0.4 is 10.6 Å². The summed E-state index contributed by atoms with van der Waals surface area (Å²) in [5.41, 5.74) is 2.59. The molecule has 0 fully saturated rings. The van der Waals surface area contributed by atoms with Crippen LogP contribution in [-0.2, 0) is 33.7 Å². The molecule has 7 nitrogen and oxygen atoms in total. The van der Waals surface area contributed by atoms with Gasteiger partial charge in [0, 0.05) is 19.0 Å². The molecule has 0 aromatic heterocycles. The molecule has 3 aromatic rings. The number of terminal acetylenes is 1. The lowest BCUT2D eigenvalue weighted by Gasteiger charge is -2.30. The van der Waals surface area contributed by atoms with Gasteiger partial charge < -0.3 is 15.4 Å². The van der Waals surface area contributed by atoms with Crippen LogP contribution in [-0.4, -0.2) is 34.5 Å². The summed E-state index contributed by atoms with van der Waals surface area (Å²) in [5.74, 6) is -1.04. The Morgan fingerprint density at radius 3 is 1.98 bits per heavy atom. The van der Waals surface area contributed by atoms with Crippen LogP contribution in [0.15, 0.2) is 84.9 Å². The van der Waals surface area contributed by atoms with Gasteiger partial charge in [0.05, 0.1) is 0 Å². The number of carbonyl (C=O) groups excluding carboxylic acids is 3. The Morgan fingerprint density at radius 2 is 1.45 bits per heavy atom. The molecule has 3 aromatic carbocycles. The van der Waals surface area contributed by atoms with E-state index in [1.807, 2.05) is 79.7 Å². The van der Waals surface area contributed by atoms with Crippen molar-refractivity contribution >= 4 is 17.9 Å². The third kappa shape index (κ3) is 8.74. The molecular formula is C33H37N3O4. The first-order valence-corrected chi connectivity index (χ1v) is 13.3. The normalized spacial score (nSPS) is 12.4. The molecule has 0 radical (unpaired) electrons. The fourth-order valence-corrected chi connectivity index (χ4v) is 4.17. The number of nitrogens with zero attached hydrogens (tertiary/aromatic N) is 1. The molecule has 0 bridgehead atoms. The molecule has 3 amide bonds. The molecule has 0 aliphatic carbocycles. The average molecular weight is 540 g/mol. The number of hydrogen-bond acceptors (Lipinski definition) is 4. The van der Waals surface area contributed by atoms with Crippen molar-refractivity contribution in [1.82, 2.24) is 15.5 Å². The highest BCUT2D eigenvalue weighted by atomic mass is 16.6. The summed E-state index contributed by atoms with van der Waals surface area (Å²) in [6.07, 6.45) is 6.13. The molecule has 2 N–H and O–H groups in total. The quantitative estimate of drug-likeness (QED) is 0.275. The zero-order chi connectivity index (χ0) is 29.1. The monoisotopic (exact) mass is 539 g/mol. The molecule has 40 heavy (non-hydrogen) atoms. The van der Waals surface area contributed by atoms with Gasteiger partial charge in [0.25, 0.3) is 5.91 Å². The Kier molecular flexibility index (Phi) is 10.5. The second-order valence-electron chi connectivity index (χ2n) is 10.4. The van der Waals surface area contributed by atoms with E-state index in [0.717, 1.165) is 28.0 Å². The van der Waals surface area contributed by atoms with Crippen LogP contribution in [0.4, 0.5) is 4.79 Å². The average Bonchev–Trinajstić information content (AvgIpc) is 2.94. The zero-order valence-corrected chi connectivity index (χ0v) is 23.5. The standard InChI is InChI=1S/C33H37N3O4/c1-6-24-18-20-27(21-19-24)29(30(37)34-23-26-16-12-9-13-17-26)36(7-2)31(38)28(22-25-14-10-8-11-15-25)35-32(39)40-33(3,4)5/h2,8-21,28-29H,6,22-23H2,1,3-5H3,(H,34,37)(H,35,39). The van der Waals surface area contributed by atoms with Crippen LogP contribution in [0, 0.1) is 12.5 Å². The van der Waals surface area contributed by atoms with Crippen molar-refractivity contribution in [3.05, 3.63) is 107 Å². The Bertz CT molecular complexity index is 1310. The summed E-state index contributed by atoms with van der Waals surface area (Å²) in [5, 5.41) is 5.59. The van der Waals surface area contributed by atoms with E-state index in [-0.39, 0.29) is 13.0 Å². The van der Waals surface area contributed by atoms with Crippen molar-refractivity contribution in [2.24, 2.45) is 0 Å². The lowest BCUT2D eigenvalue weighted by atomic mass is 9.99. The number of aryl methyl sites for hydroxylation is 1. The smallest absolute Gasteiger partial charge is 0.408 e. The number of alkyl carbamates (subject to hydrolysis) is 1. The highest BCUT2D eigenvalue weighted by molar-refractivity contribution is 5.93. The van der Waals surface area contributed by atoms with E-state index in [2.05, 4.69) is 16.7 Å². The summed E-state index contributed by atoms with van der Waals surface area (Å²) in [7, 11) is 0. The van der Waals surface area contributed by atoms with Gasteiger partial charge in [-0.3, -0.25) is 14.5 Å². The predicted molar refractivity (Wildman–Crippen MR) is 156 cm³/mol. The molecule has 3 rings (SSSR count). The van der Waals surface area contributed by atoms with Crippen molar-refractivity contribution in [3.8, 4) is 12.5 Å². The fraction of sp³-hybridized carbons (Fsp3) is 0.303. The van der Waals surface area contributed by atoms with E-state index < -0.39 is 35.6 Å². The summed E-state index contributed by atoms with van der Waals surface area (Å²) in [4.78, 5) is 41.5. The van der Waals surface area contributed by atoms with Crippen LogP contribution in [0.25, 0.3) is 0 Å². The van der Waals surface area contributed by atoms with E-state index in [1.54, 1.807) is 32.9 Å². The molecule has 2 atom stereocenters. The van der Waals surface area contributed by atoms with Crippen LogP contribution in [0.5, 0.6) is 0 Å². The van der Waals surface area contributed by atoms with Crippen LogP contribution in [0.2, 0.25) is 0 Å². The zero-order valence-electron chi connectivity index (χ0n) is 23.5. The number of amides is 3. The maximum absolute atomic E-state index is 14.0. The lowest BCUT2D eigenvalue weighted by Crippen LogP contribution is -2.52. The first kappa shape index (κ1) is 30.0. The predicted octanol–water partition coefficient (Wildman–Crippen LogP) is 5.16. The third-order valence-electron chi connectivity index (χ3n) is 6.17. The number of rotatable bonds is 10. The van der Waals surface area contributed by atoms with Crippen molar-refractivity contribution < 1.29 is 19.1 Å². The van der Waals surface area contributed by atoms with Gasteiger partial charge in [0.15, 0.2) is 0 Å². The maximum Gasteiger partial charge on any atom is 0.408 e. The van der Waals surface area contributed by atoms with Gasteiger partial charge in [-0.2, -0.15) is 0 Å². The molecule has 2 unspecified atom stereocenters. The van der Waals surface area contributed by atoms with Gasteiger partial charge in [-0.25, -0.2) is 4.79 Å². The summed E-state index contributed by atoms with van der Waals surface area (Å²) in [6.45, 7) is 7.51. The van der Waals surface area contributed by atoms with Crippen molar-refractivity contribution in [2.75, 3.05) is 0 Å². The summed E-state index contributed by atoms with van der Waals surface area (Å²) in [6, 6.07) is 26.4. The molecule has 0 saturated carbocycles. The van der Waals surface area contributed by atoms with Gasteiger partial charge in [0.2, 0.25) is 5.91 Å². The van der Waals surface area contributed by atoms with E-state index in [1.165, 1.54) is 0 Å². The van der Waals surface area contributed by atoms with Gasteiger partial charge >= 0.3 is 6.09 Å². The van der Waals surface area contributed by atoms with Crippen molar-refractivity contribution in [2.45, 2.75) is 64.8 Å². The van der Waals surface area contributed by atoms with E-state index in [4.69, 9.17) is 11.2 Å². The fourth-order valence-electron chi connectivity index (χ4n) is 4.17. The minimum atomic E-state index is -1.12. The maximum atomic E-state index is 14.0. The summed E-state index contributed by atoms with van der Waals surface area (Å²) < 4.78 is 5.42. The van der Waals surface area contributed by atoms with Crippen molar-refractivity contribution in [3.63, 3.8) is 0 Å². The largest absolute Gasteiger partial charge is 0.444 e. The third-order valence-corrected chi connectivity index (χ3v) is 6.17. The molecule has 0 aliphatic rings. The number of nitrogens with one attached hydrogen (secondary N) is 2. The molecule has 7 heteroatoms. The highest BCUT2D eigenvalue weighted by Gasteiger charge is 2.36. The van der Waals surface area contributed by atoms with Gasteiger partial charge in [-0.15, -0.1) is 0 Å². The number of benzene rings is 3. The molecule has 0 heterocycles. The van der Waals surface area contributed by atoms with Crippen LogP contribution >= 0.6 is 0 Å². The molecule has 0 aliphatic heterocycles. The van der Waals surface area contributed by atoms with Crippen LogP contribution in [0.3, 0.4) is 0 Å². The first-order chi connectivity index (χ1) is 19.1. The first-order valence-electron chi connectivity index (χ1n) is 13.3. The summed E-state index contributed by atoms with van der Waals surface area (Å²) >= 11 is 0. The highest BCUT2D eigenvalue weighted by Crippen LogP contribution is 2.24. The minimum absolute atomic E-state index is 0.157. The molecule has 208 valence electrons. The van der Waals surface area contributed by atoms with E-state index in [0.29, 0.717) is 5.56 Å². The Hall–Kier alpha value is -4.57. The Balaban J connectivity index is 1.95. The molecule has 0 saturated heterocycles. The van der Waals surface area contributed by atoms with E-state index in [9.17, 15) is 14.4 Å². The van der Waals surface area contributed by atoms with Crippen LogP contribution in [0.1, 0.15) is 56.0 Å². The second kappa shape index (κ2) is 14.0. The number of hydrogen-bond donors (Lipinski definition) is 2. The minimum Gasteiger partial charge on any atom is -0.444 e. The van der Waals surface area contributed by atoms with Crippen molar-refractivity contribution in [1.29, 1.82) is 0 Å². The number of ether oxygens (including phenoxy) is 1. The topological polar surface area (TPSA) is 87.7 Å². The Labute approximate surface area is 236 Å². The van der Waals surface area contributed by atoms with E-state index >= 15 is 0 Å². The SMILES string of the molecule is C#CN(C(=O)C(Cc1ccccc1)NC(=O)OC(C)(C)C)C(C(=O)NCc1ccccc1)c1ccc(CC)cc1. The second-order valence-corrected chi connectivity index (χ2v) is 10.4. The van der Waals surface area contributed by atoms with Gasteiger partial charge in [0.1, 0.15) is 17.7 Å². The van der Waals surface area contributed by atoms with Gasteiger partial charge in [-0.1, -0.05) is 98.3 Å². The molecular weight excluding hydrogens is 502 g/mol.